The van der Waals surface area contributed by atoms with Gasteiger partial charge >= 0.3 is 5.97 Å². The summed E-state index contributed by atoms with van der Waals surface area (Å²) < 4.78 is 1.93. The van der Waals surface area contributed by atoms with Gasteiger partial charge in [0.1, 0.15) is 0 Å². The molecule has 8 heteroatoms. The maximum Gasteiger partial charge on any atom is 0.313 e. The van der Waals surface area contributed by atoms with Crippen molar-refractivity contribution in [2.45, 2.75) is 25.0 Å². The highest BCUT2D eigenvalue weighted by Gasteiger charge is 2.18. The van der Waals surface area contributed by atoms with Crippen molar-refractivity contribution in [3.8, 4) is 10.7 Å². The molecule has 0 bridgehead atoms. The number of thioether (sulfide) groups is 1. The summed E-state index contributed by atoms with van der Waals surface area (Å²) in [5, 5.41) is 17.5. The minimum absolute atomic E-state index is 0.0203. The lowest BCUT2D eigenvalue weighted by Crippen LogP contribution is -2.06. The topological polar surface area (TPSA) is 80.9 Å². The van der Waals surface area contributed by atoms with Gasteiger partial charge < -0.3 is 5.11 Å². The van der Waals surface area contributed by atoms with Crippen molar-refractivity contribution < 1.29 is 9.90 Å². The molecule has 0 saturated carbocycles. The molecule has 0 unspecified atom stereocenters. The van der Waals surface area contributed by atoms with Crippen molar-refractivity contribution in [1.82, 2.24) is 19.7 Å². The van der Waals surface area contributed by atoms with Crippen LogP contribution in [0.4, 0.5) is 0 Å². The predicted molar refractivity (Wildman–Crippen MR) is 69.9 cm³/mol. The fourth-order valence-corrected chi connectivity index (χ4v) is 2.85. The molecule has 2 aromatic rings. The molecule has 2 aromatic heterocycles. The molecule has 0 aliphatic carbocycles. The monoisotopic (exact) mass is 284 g/mol. The van der Waals surface area contributed by atoms with Crippen LogP contribution in [0.3, 0.4) is 0 Å². The van der Waals surface area contributed by atoms with Crippen LogP contribution in [-0.4, -0.2) is 36.6 Å². The van der Waals surface area contributed by atoms with Crippen LogP contribution in [0.15, 0.2) is 16.9 Å². The second-order valence-electron chi connectivity index (χ2n) is 3.82. The Morgan fingerprint density at radius 2 is 2.33 bits per heavy atom. The van der Waals surface area contributed by atoms with Gasteiger partial charge in [-0.05, 0) is 13.8 Å². The highest BCUT2D eigenvalue weighted by atomic mass is 32.2. The Morgan fingerprint density at radius 3 is 2.89 bits per heavy atom. The number of carboxylic acid groups (broad SMARTS) is 1. The summed E-state index contributed by atoms with van der Waals surface area (Å²) in [4.78, 5) is 15.6. The number of nitrogens with zero attached hydrogens (tertiary/aromatic N) is 4. The first-order valence-electron chi connectivity index (χ1n) is 5.28. The lowest BCUT2D eigenvalue weighted by molar-refractivity contribution is -0.133. The standard InChI is InChI=1S/C10H12N4O2S2/c1-6(2)14-9(7-3-11-5-18-7)12-13-10(14)17-4-8(15)16/h3,5-6H,4H2,1-2H3,(H,15,16). The Kier molecular flexibility index (Phi) is 3.97. The minimum atomic E-state index is -0.863. The highest BCUT2D eigenvalue weighted by Crippen LogP contribution is 2.29. The first-order valence-corrected chi connectivity index (χ1v) is 7.14. The van der Waals surface area contributed by atoms with Gasteiger partial charge in [0.25, 0.3) is 0 Å². The van der Waals surface area contributed by atoms with Crippen LogP contribution >= 0.6 is 23.1 Å². The minimum Gasteiger partial charge on any atom is -0.481 e. The Balaban J connectivity index is 2.34. The number of thiazole rings is 1. The van der Waals surface area contributed by atoms with Crippen molar-refractivity contribution in [1.29, 1.82) is 0 Å². The number of rotatable bonds is 5. The number of hydrogen-bond donors (Lipinski definition) is 1. The van der Waals surface area contributed by atoms with Gasteiger partial charge in [0, 0.05) is 12.2 Å². The zero-order valence-electron chi connectivity index (χ0n) is 9.90. The summed E-state index contributed by atoms with van der Waals surface area (Å²) in [6.45, 7) is 4.03. The van der Waals surface area contributed by atoms with Crippen molar-refractivity contribution in [2.24, 2.45) is 0 Å². The number of carbonyl (C=O) groups is 1. The Labute approximate surface area is 112 Å². The second-order valence-corrected chi connectivity index (χ2v) is 5.65. The number of carboxylic acids is 1. The molecule has 0 aliphatic heterocycles. The number of hydrogen-bond acceptors (Lipinski definition) is 6. The van der Waals surface area contributed by atoms with Crippen molar-refractivity contribution in [3.63, 3.8) is 0 Å². The zero-order valence-corrected chi connectivity index (χ0v) is 11.5. The van der Waals surface area contributed by atoms with Crippen molar-refractivity contribution >= 4 is 29.1 Å². The van der Waals surface area contributed by atoms with Gasteiger partial charge in [-0.25, -0.2) is 0 Å². The molecule has 0 radical (unpaired) electrons. The fourth-order valence-electron chi connectivity index (χ4n) is 1.46. The summed E-state index contributed by atoms with van der Waals surface area (Å²) in [5.41, 5.74) is 1.73. The van der Waals surface area contributed by atoms with E-state index in [2.05, 4.69) is 15.2 Å². The van der Waals surface area contributed by atoms with Crippen LogP contribution in [0.1, 0.15) is 19.9 Å². The zero-order chi connectivity index (χ0) is 13.1. The molecule has 0 saturated heterocycles. The van der Waals surface area contributed by atoms with E-state index < -0.39 is 5.97 Å². The van der Waals surface area contributed by atoms with E-state index in [0.29, 0.717) is 5.16 Å². The maximum atomic E-state index is 10.6. The summed E-state index contributed by atoms with van der Waals surface area (Å²) in [5.74, 6) is -0.147. The molecule has 2 heterocycles. The van der Waals surface area contributed by atoms with Crippen LogP contribution in [0.5, 0.6) is 0 Å². The van der Waals surface area contributed by atoms with Crippen LogP contribution in [0.25, 0.3) is 10.7 Å². The second kappa shape index (κ2) is 5.49. The summed E-state index contributed by atoms with van der Waals surface area (Å²) in [7, 11) is 0. The molecule has 6 nitrogen and oxygen atoms in total. The molecule has 0 amide bonds. The molecule has 18 heavy (non-hydrogen) atoms. The highest BCUT2D eigenvalue weighted by molar-refractivity contribution is 7.99. The van der Waals surface area contributed by atoms with Crippen LogP contribution < -0.4 is 0 Å². The van der Waals surface area contributed by atoms with E-state index in [1.165, 1.54) is 23.1 Å². The summed E-state index contributed by atoms with van der Waals surface area (Å²) in [6, 6.07) is 0.161. The maximum absolute atomic E-state index is 10.6. The van der Waals surface area contributed by atoms with E-state index in [9.17, 15) is 4.79 Å². The number of aromatic nitrogens is 4. The van der Waals surface area contributed by atoms with E-state index >= 15 is 0 Å². The van der Waals surface area contributed by atoms with E-state index in [1.54, 1.807) is 11.7 Å². The van der Waals surface area contributed by atoms with Crippen LogP contribution in [-0.2, 0) is 4.79 Å². The van der Waals surface area contributed by atoms with E-state index in [-0.39, 0.29) is 11.8 Å². The molecular formula is C10H12N4O2S2. The Hall–Kier alpha value is -1.41. The van der Waals surface area contributed by atoms with Gasteiger partial charge in [-0.1, -0.05) is 11.8 Å². The number of aliphatic carboxylic acids is 1. The SMILES string of the molecule is CC(C)n1c(SCC(=O)O)nnc1-c1cncs1. The lowest BCUT2D eigenvalue weighted by Gasteiger charge is -2.12. The third-order valence-corrected chi connectivity index (χ3v) is 3.86. The van der Waals surface area contributed by atoms with E-state index in [0.717, 1.165) is 10.7 Å². The van der Waals surface area contributed by atoms with Crippen molar-refractivity contribution in [2.75, 3.05) is 5.75 Å². The first kappa shape index (κ1) is 13.0. The molecule has 0 atom stereocenters. The predicted octanol–water partition coefficient (Wildman–Crippen LogP) is 2.16. The van der Waals surface area contributed by atoms with Crippen LogP contribution in [0.2, 0.25) is 0 Å². The van der Waals surface area contributed by atoms with Gasteiger partial charge in [-0.15, -0.1) is 21.5 Å². The van der Waals surface area contributed by atoms with Gasteiger partial charge in [-0.2, -0.15) is 0 Å². The molecule has 0 aromatic carbocycles. The molecule has 0 spiro atoms. The van der Waals surface area contributed by atoms with Crippen LogP contribution in [0, 0.1) is 0 Å². The largest absolute Gasteiger partial charge is 0.481 e. The molecular weight excluding hydrogens is 272 g/mol. The smallest absolute Gasteiger partial charge is 0.313 e. The molecule has 2 rings (SSSR count). The van der Waals surface area contributed by atoms with Gasteiger partial charge in [0.2, 0.25) is 0 Å². The molecule has 96 valence electrons. The lowest BCUT2D eigenvalue weighted by atomic mass is 10.3. The summed E-state index contributed by atoms with van der Waals surface area (Å²) in [6.07, 6.45) is 1.74. The van der Waals surface area contributed by atoms with Gasteiger partial charge in [-0.3, -0.25) is 14.3 Å². The third-order valence-electron chi connectivity index (χ3n) is 2.16. The fraction of sp³-hybridized carbons (Fsp3) is 0.400. The van der Waals surface area contributed by atoms with Gasteiger partial charge in [0.05, 0.1) is 16.1 Å². The molecule has 1 N–H and O–H groups in total. The normalized spacial score (nSPS) is 11.1. The average Bonchev–Trinajstić information content (AvgIpc) is 2.94. The molecule has 0 aliphatic rings. The van der Waals surface area contributed by atoms with E-state index in [4.69, 9.17) is 5.11 Å². The molecule has 0 fully saturated rings. The Morgan fingerprint density at radius 1 is 1.56 bits per heavy atom. The van der Waals surface area contributed by atoms with E-state index in [1.807, 2.05) is 18.4 Å². The quantitative estimate of drug-likeness (QED) is 0.847. The average molecular weight is 284 g/mol. The summed E-state index contributed by atoms with van der Waals surface area (Å²) >= 11 is 2.66. The third kappa shape index (κ3) is 2.70. The van der Waals surface area contributed by atoms with Crippen molar-refractivity contribution in [3.05, 3.63) is 11.7 Å². The Bertz CT molecular complexity index is 536. The van der Waals surface area contributed by atoms with Gasteiger partial charge in [0.15, 0.2) is 11.0 Å². The first-order chi connectivity index (χ1) is 8.59.